The molecule has 0 unspecified atom stereocenters. The van der Waals surface area contributed by atoms with Crippen molar-refractivity contribution in [1.82, 2.24) is 0 Å². The molecular formula is C19H15NO6. The summed E-state index contributed by atoms with van der Waals surface area (Å²) in [5.41, 5.74) is -0.120. The number of ether oxygens (including phenoxy) is 2. The van der Waals surface area contributed by atoms with Gasteiger partial charge < -0.3 is 19.2 Å². The number of para-hydroxylation sites is 1. The quantitative estimate of drug-likeness (QED) is 0.560. The van der Waals surface area contributed by atoms with Crippen molar-refractivity contribution < 1.29 is 23.5 Å². The van der Waals surface area contributed by atoms with E-state index in [9.17, 15) is 14.4 Å². The third kappa shape index (κ3) is 3.14. The lowest BCUT2D eigenvalue weighted by molar-refractivity contribution is 0.102. The molecule has 7 heteroatoms. The molecular weight excluding hydrogens is 338 g/mol. The van der Waals surface area contributed by atoms with E-state index in [0.29, 0.717) is 34.4 Å². The Morgan fingerprint density at radius 3 is 2.46 bits per heavy atom. The fraction of sp³-hybridized carbons (Fsp3) is 0.105. The number of nitrogens with one attached hydrogen (secondary N) is 1. The van der Waals surface area contributed by atoms with E-state index in [1.807, 2.05) is 0 Å². The normalized spacial score (nSPS) is 10.4. The summed E-state index contributed by atoms with van der Waals surface area (Å²) in [4.78, 5) is 35.7. The number of benzene rings is 2. The summed E-state index contributed by atoms with van der Waals surface area (Å²) in [7, 11) is 2.95. The number of amides is 1. The van der Waals surface area contributed by atoms with Crippen molar-refractivity contribution in [3.8, 4) is 11.5 Å². The molecule has 132 valence electrons. The minimum absolute atomic E-state index is 0.189. The van der Waals surface area contributed by atoms with Crippen molar-refractivity contribution in [3.05, 3.63) is 64.0 Å². The molecule has 1 aromatic heterocycles. The number of carbonyl (C=O) groups excluding carboxylic acids is 2. The predicted octanol–water partition coefficient (Wildman–Crippen LogP) is 2.88. The topological polar surface area (TPSA) is 94.8 Å². The van der Waals surface area contributed by atoms with E-state index in [4.69, 9.17) is 13.9 Å². The minimum atomic E-state index is -0.800. The Morgan fingerprint density at radius 2 is 1.77 bits per heavy atom. The molecule has 1 N–H and O–H groups in total. The molecule has 7 nitrogen and oxygen atoms in total. The molecule has 1 heterocycles. The molecule has 0 fully saturated rings. The lowest BCUT2D eigenvalue weighted by Gasteiger charge is -2.10. The van der Waals surface area contributed by atoms with E-state index in [1.54, 1.807) is 30.3 Å². The number of hydrogen-bond donors (Lipinski definition) is 1. The SMILES string of the molecule is COc1cc2cc(C(=O)Nc3ccccc3C=O)c(=O)oc2cc1OC. The van der Waals surface area contributed by atoms with Crippen molar-refractivity contribution in [2.24, 2.45) is 0 Å². The largest absolute Gasteiger partial charge is 0.493 e. The second kappa shape index (κ2) is 7.10. The fourth-order valence-corrected chi connectivity index (χ4v) is 2.51. The van der Waals surface area contributed by atoms with Gasteiger partial charge in [-0.05, 0) is 24.3 Å². The molecule has 0 aliphatic rings. The summed E-state index contributed by atoms with van der Waals surface area (Å²) in [6.45, 7) is 0. The van der Waals surface area contributed by atoms with Gasteiger partial charge in [-0.3, -0.25) is 9.59 Å². The Balaban J connectivity index is 2.04. The molecule has 26 heavy (non-hydrogen) atoms. The van der Waals surface area contributed by atoms with Gasteiger partial charge in [0.1, 0.15) is 11.1 Å². The average Bonchev–Trinajstić information content (AvgIpc) is 2.66. The monoisotopic (exact) mass is 353 g/mol. The maximum absolute atomic E-state index is 12.5. The first-order valence-corrected chi connectivity index (χ1v) is 7.63. The van der Waals surface area contributed by atoms with Gasteiger partial charge in [-0.15, -0.1) is 0 Å². The molecule has 0 saturated heterocycles. The summed E-state index contributed by atoms with van der Waals surface area (Å²) in [5, 5.41) is 3.04. The van der Waals surface area contributed by atoms with Crippen molar-refractivity contribution >= 4 is 28.8 Å². The number of methoxy groups -OCH3 is 2. The van der Waals surface area contributed by atoms with Crippen LogP contribution in [0.5, 0.6) is 11.5 Å². The summed E-state index contributed by atoms with van der Waals surface area (Å²) < 4.78 is 15.6. The highest BCUT2D eigenvalue weighted by atomic mass is 16.5. The van der Waals surface area contributed by atoms with Crippen LogP contribution in [0.1, 0.15) is 20.7 Å². The molecule has 3 rings (SSSR count). The highest BCUT2D eigenvalue weighted by molar-refractivity contribution is 6.07. The second-order valence-electron chi connectivity index (χ2n) is 5.35. The maximum Gasteiger partial charge on any atom is 0.349 e. The van der Waals surface area contributed by atoms with Crippen LogP contribution < -0.4 is 20.4 Å². The zero-order valence-electron chi connectivity index (χ0n) is 14.1. The van der Waals surface area contributed by atoms with Crippen molar-refractivity contribution in [2.75, 3.05) is 19.5 Å². The number of anilines is 1. The van der Waals surface area contributed by atoms with Gasteiger partial charge >= 0.3 is 5.63 Å². The number of fused-ring (bicyclic) bond motifs is 1. The van der Waals surface area contributed by atoms with Crippen LogP contribution in [0.25, 0.3) is 11.0 Å². The van der Waals surface area contributed by atoms with Crippen molar-refractivity contribution in [3.63, 3.8) is 0 Å². The third-order valence-corrected chi connectivity index (χ3v) is 3.82. The third-order valence-electron chi connectivity index (χ3n) is 3.82. The molecule has 0 spiro atoms. The van der Waals surface area contributed by atoms with Gasteiger partial charge in [0.25, 0.3) is 5.91 Å². The number of aldehydes is 1. The van der Waals surface area contributed by atoms with Crippen LogP contribution in [0.2, 0.25) is 0 Å². The summed E-state index contributed by atoms with van der Waals surface area (Å²) in [6, 6.07) is 11.0. The fourth-order valence-electron chi connectivity index (χ4n) is 2.51. The van der Waals surface area contributed by atoms with Gasteiger partial charge in [-0.1, -0.05) is 12.1 Å². The van der Waals surface area contributed by atoms with Crippen LogP contribution in [-0.4, -0.2) is 26.4 Å². The van der Waals surface area contributed by atoms with E-state index >= 15 is 0 Å². The summed E-state index contributed by atoms with van der Waals surface area (Å²) >= 11 is 0. The molecule has 0 bridgehead atoms. The van der Waals surface area contributed by atoms with E-state index in [1.165, 1.54) is 26.4 Å². The minimum Gasteiger partial charge on any atom is -0.493 e. The lowest BCUT2D eigenvalue weighted by Crippen LogP contribution is -2.21. The highest BCUT2D eigenvalue weighted by Gasteiger charge is 2.17. The Kier molecular flexibility index (Phi) is 4.70. The van der Waals surface area contributed by atoms with Gasteiger partial charge in [0.15, 0.2) is 17.8 Å². The number of rotatable bonds is 5. The zero-order valence-corrected chi connectivity index (χ0v) is 14.1. The van der Waals surface area contributed by atoms with E-state index in [0.717, 1.165) is 0 Å². The van der Waals surface area contributed by atoms with Crippen LogP contribution >= 0.6 is 0 Å². The smallest absolute Gasteiger partial charge is 0.349 e. The number of hydrogen-bond acceptors (Lipinski definition) is 6. The van der Waals surface area contributed by atoms with Gasteiger partial charge in [-0.25, -0.2) is 4.79 Å². The van der Waals surface area contributed by atoms with Gasteiger partial charge in [0.2, 0.25) is 0 Å². The van der Waals surface area contributed by atoms with Crippen LogP contribution in [0.15, 0.2) is 51.7 Å². The summed E-state index contributed by atoms with van der Waals surface area (Å²) in [6.07, 6.45) is 0.621. The van der Waals surface area contributed by atoms with Crippen molar-refractivity contribution in [1.29, 1.82) is 0 Å². The lowest BCUT2D eigenvalue weighted by atomic mass is 10.1. The molecule has 1 amide bonds. The predicted molar refractivity (Wildman–Crippen MR) is 95.4 cm³/mol. The highest BCUT2D eigenvalue weighted by Crippen LogP contribution is 2.31. The molecule has 0 radical (unpaired) electrons. The van der Waals surface area contributed by atoms with Gasteiger partial charge in [-0.2, -0.15) is 0 Å². The molecule has 0 aliphatic carbocycles. The standard InChI is InChI=1S/C19H15NO6/c1-24-16-8-12-7-13(19(23)26-15(12)9-17(16)25-2)18(22)20-14-6-4-3-5-11(14)10-21/h3-10H,1-2H3,(H,20,22). The Bertz CT molecular complexity index is 1050. The zero-order chi connectivity index (χ0) is 18.7. The Labute approximate surface area is 148 Å². The first-order chi connectivity index (χ1) is 12.6. The number of carbonyl (C=O) groups is 2. The second-order valence-corrected chi connectivity index (χ2v) is 5.35. The molecule has 0 atom stereocenters. The molecule has 2 aromatic carbocycles. The Morgan fingerprint density at radius 1 is 1.08 bits per heavy atom. The van der Waals surface area contributed by atoms with Gasteiger partial charge in [0, 0.05) is 17.0 Å². The van der Waals surface area contributed by atoms with Crippen molar-refractivity contribution in [2.45, 2.75) is 0 Å². The molecule has 0 aliphatic heterocycles. The first-order valence-electron chi connectivity index (χ1n) is 7.63. The van der Waals surface area contributed by atoms with E-state index in [2.05, 4.69) is 5.32 Å². The average molecular weight is 353 g/mol. The van der Waals surface area contributed by atoms with E-state index in [-0.39, 0.29) is 11.1 Å². The first kappa shape index (κ1) is 17.2. The maximum atomic E-state index is 12.5. The van der Waals surface area contributed by atoms with Gasteiger partial charge in [0.05, 0.1) is 19.9 Å². The van der Waals surface area contributed by atoms with Crippen LogP contribution in [0, 0.1) is 0 Å². The molecule has 3 aromatic rings. The van der Waals surface area contributed by atoms with Crippen LogP contribution in [0.4, 0.5) is 5.69 Å². The molecule has 0 saturated carbocycles. The van der Waals surface area contributed by atoms with E-state index < -0.39 is 11.5 Å². The Hall–Kier alpha value is -3.61. The van der Waals surface area contributed by atoms with Crippen LogP contribution in [-0.2, 0) is 0 Å². The van der Waals surface area contributed by atoms with Crippen LogP contribution in [0.3, 0.4) is 0 Å². The summed E-state index contributed by atoms with van der Waals surface area (Å²) in [5.74, 6) is 0.163.